The Hall–Kier alpha value is -1.19. The summed E-state index contributed by atoms with van der Waals surface area (Å²) in [6, 6.07) is 0. The van der Waals surface area contributed by atoms with E-state index in [0.29, 0.717) is 11.4 Å². The van der Waals surface area contributed by atoms with E-state index in [9.17, 15) is 0 Å². The second-order valence-electron chi connectivity index (χ2n) is 5.18. The number of aromatic nitrogens is 3. The molecule has 4 nitrogen and oxygen atoms in total. The maximum atomic E-state index is 4.38. The summed E-state index contributed by atoms with van der Waals surface area (Å²) >= 11 is 0. The van der Waals surface area contributed by atoms with Gasteiger partial charge in [-0.15, -0.1) is 5.10 Å². The number of aryl methyl sites for hydroxylation is 2. The predicted molar refractivity (Wildman–Crippen MR) is 64.4 cm³/mol. The lowest BCUT2D eigenvalue weighted by molar-refractivity contribution is 0.361. The third-order valence-corrected chi connectivity index (χ3v) is 3.58. The minimum atomic E-state index is 0.419. The summed E-state index contributed by atoms with van der Waals surface area (Å²) in [6.07, 6.45) is 5.31. The summed E-state index contributed by atoms with van der Waals surface area (Å²) in [4.78, 5) is 4.38. The van der Waals surface area contributed by atoms with Gasteiger partial charge < -0.3 is 5.32 Å². The van der Waals surface area contributed by atoms with Crippen molar-refractivity contribution in [3.05, 3.63) is 11.4 Å². The zero-order valence-electron chi connectivity index (χ0n) is 10.4. The molecule has 1 aliphatic rings. The van der Waals surface area contributed by atoms with Gasteiger partial charge in [-0.1, -0.05) is 19.8 Å². The first kappa shape index (κ1) is 11.3. The summed E-state index contributed by atoms with van der Waals surface area (Å²) in [7, 11) is 0. The standard InChI is InChI=1S/C12H20N4/c1-9-10(2)15-16-11(14-9)13-8-12(3)6-4-5-7-12/h4-8H2,1-3H3,(H,13,14,16). The van der Waals surface area contributed by atoms with Crippen LogP contribution in [0.3, 0.4) is 0 Å². The van der Waals surface area contributed by atoms with E-state index in [1.54, 1.807) is 0 Å². The van der Waals surface area contributed by atoms with Crippen LogP contribution in [0.4, 0.5) is 5.95 Å². The quantitative estimate of drug-likeness (QED) is 0.850. The SMILES string of the molecule is Cc1nnc(NCC2(C)CCCC2)nc1C. The van der Waals surface area contributed by atoms with Crippen LogP contribution >= 0.6 is 0 Å². The van der Waals surface area contributed by atoms with E-state index in [-0.39, 0.29) is 0 Å². The maximum Gasteiger partial charge on any atom is 0.242 e. The first-order chi connectivity index (χ1) is 7.59. The van der Waals surface area contributed by atoms with E-state index in [2.05, 4.69) is 27.4 Å². The van der Waals surface area contributed by atoms with Crippen molar-refractivity contribution in [2.75, 3.05) is 11.9 Å². The first-order valence-electron chi connectivity index (χ1n) is 6.01. The molecule has 0 bridgehead atoms. The molecule has 0 unspecified atom stereocenters. The topological polar surface area (TPSA) is 50.7 Å². The monoisotopic (exact) mass is 220 g/mol. The smallest absolute Gasteiger partial charge is 0.242 e. The highest BCUT2D eigenvalue weighted by atomic mass is 15.2. The number of rotatable bonds is 3. The van der Waals surface area contributed by atoms with Gasteiger partial charge in [0.1, 0.15) is 0 Å². The average molecular weight is 220 g/mol. The van der Waals surface area contributed by atoms with Crippen molar-refractivity contribution in [1.82, 2.24) is 15.2 Å². The summed E-state index contributed by atoms with van der Waals surface area (Å²) in [5.74, 6) is 0.663. The number of hydrogen-bond acceptors (Lipinski definition) is 4. The lowest BCUT2D eigenvalue weighted by Gasteiger charge is -2.23. The average Bonchev–Trinajstić information content (AvgIpc) is 2.68. The van der Waals surface area contributed by atoms with Gasteiger partial charge in [0.25, 0.3) is 0 Å². The van der Waals surface area contributed by atoms with E-state index in [1.807, 2.05) is 13.8 Å². The van der Waals surface area contributed by atoms with Crippen LogP contribution in [0, 0.1) is 19.3 Å². The Labute approximate surface area is 96.9 Å². The molecule has 0 saturated heterocycles. The summed E-state index contributed by atoms with van der Waals surface area (Å²) < 4.78 is 0. The van der Waals surface area contributed by atoms with Crippen LogP contribution in [0.5, 0.6) is 0 Å². The van der Waals surface area contributed by atoms with Crippen LogP contribution < -0.4 is 5.32 Å². The fourth-order valence-corrected chi connectivity index (χ4v) is 2.23. The lowest BCUT2D eigenvalue weighted by atomic mass is 9.89. The molecule has 0 radical (unpaired) electrons. The number of anilines is 1. The van der Waals surface area contributed by atoms with E-state index in [1.165, 1.54) is 25.7 Å². The van der Waals surface area contributed by atoms with Gasteiger partial charge in [-0.05, 0) is 32.1 Å². The first-order valence-corrected chi connectivity index (χ1v) is 6.01. The van der Waals surface area contributed by atoms with Crippen molar-refractivity contribution < 1.29 is 0 Å². The lowest BCUT2D eigenvalue weighted by Crippen LogP contribution is -2.24. The van der Waals surface area contributed by atoms with Gasteiger partial charge in [-0.3, -0.25) is 0 Å². The minimum absolute atomic E-state index is 0.419. The molecule has 1 aromatic heterocycles. The van der Waals surface area contributed by atoms with Gasteiger partial charge in [0.05, 0.1) is 11.4 Å². The second-order valence-corrected chi connectivity index (χ2v) is 5.18. The van der Waals surface area contributed by atoms with Crippen molar-refractivity contribution >= 4 is 5.95 Å². The number of hydrogen-bond donors (Lipinski definition) is 1. The molecule has 1 saturated carbocycles. The van der Waals surface area contributed by atoms with Crippen molar-refractivity contribution in [3.63, 3.8) is 0 Å². The highest BCUT2D eigenvalue weighted by molar-refractivity contribution is 5.25. The molecule has 1 N–H and O–H groups in total. The third kappa shape index (κ3) is 2.49. The van der Waals surface area contributed by atoms with Gasteiger partial charge in [0, 0.05) is 6.54 Å². The zero-order valence-corrected chi connectivity index (χ0v) is 10.4. The van der Waals surface area contributed by atoms with Gasteiger partial charge >= 0.3 is 0 Å². The third-order valence-electron chi connectivity index (χ3n) is 3.58. The zero-order chi connectivity index (χ0) is 11.6. The van der Waals surface area contributed by atoms with Crippen molar-refractivity contribution in [3.8, 4) is 0 Å². The van der Waals surface area contributed by atoms with Crippen LogP contribution in [-0.2, 0) is 0 Å². The van der Waals surface area contributed by atoms with Crippen molar-refractivity contribution in [2.45, 2.75) is 46.5 Å². The van der Waals surface area contributed by atoms with E-state index >= 15 is 0 Å². The maximum absolute atomic E-state index is 4.38. The highest BCUT2D eigenvalue weighted by Crippen LogP contribution is 2.37. The summed E-state index contributed by atoms with van der Waals surface area (Å²) in [5.41, 5.74) is 2.27. The Balaban J connectivity index is 1.96. The molecular weight excluding hydrogens is 200 g/mol. The Morgan fingerprint density at radius 1 is 1.12 bits per heavy atom. The van der Waals surface area contributed by atoms with Gasteiger partial charge in [-0.25, -0.2) is 4.98 Å². The van der Waals surface area contributed by atoms with Crippen LogP contribution in [0.15, 0.2) is 0 Å². The van der Waals surface area contributed by atoms with Gasteiger partial charge in [0.15, 0.2) is 0 Å². The van der Waals surface area contributed by atoms with Gasteiger partial charge in [0.2, 0.25) is 5.95 Å². The molecule has 2 rings (SSSR count). The van der Waals surface area contributed by atoms with E-state index < -0.39 is 0 Å². The molecular formula is C12H20N4. The molecule has 1 aromatic rings. The Kier molecular flexibility index (Phi) is 3.08. The molecule has 0 spiro atoms. The Morgan fingerprint density at radius 3 is 2.44 bits per heavy atom. The fraction of sp³-hybridized carbons (Fsp3) is 0.750. The largest absolute Gasteiger partial charge is 0.352 e. The molecule has 0 aromatic carbocycles. The molecule has 1 fully saturated rings. The number of nitrogens with one attached hydrogen (secondary N) is 1. The molecule has 88 valence electrons. The van der Waals surface area contributed by atoms with E-state index in [4.69, 9.17) is 0 Å². The van der Waals surface area contributed by atoms with E-state index in [0.717, 1.165) is 17.9 Å². The molecule has 1 aliphatic carbocycles. The fourth-order valence-electron chi connectivity index (χ4n) is 2.23. The summed E-state index contributed by atoms with van der Waals surface area (Å²) in [6.45, 7) is 7.18. The van der Waals surface area contributed by atoms with Crippen LogP contribution in [0.25, 0.3) is 0 Å². The van der Waals surface area contributed by atoms with Crippen LogP contribution in [-0.4, -0.2) is 21.7 Å². The summed E-state index contributed by atoms with van der Waals surface area (Å²) in [5, 5.41) is 11.4. The normalized spacial score (nSPS) is 18.7. The second kappa shape index (κ2) is 4.36. The minimum Gasteiger partial charge on any atom is -0.352 e. The molecule has 4 heteroatoms. The van der Waals surface area contributed by atoms with Crippen molar-refractivity contribution in [1.29, 1.82) is 0 Å². The Bertz CT molecular complexity index is 369. The molecule has 1 heterocycles. The molecule has 16 heavy (non-hydrogen) atoms. The number of nitrogens with zero attached hydrogens (tertiary/aromatic N) is 3. The van der Waals surface area contributed by atoms with Crippen LogP contribution in [0.1, 0.15) is 44.0 Å². The van der Waals surface area contributed by atoms with Gasteiger partial charge in [-0.2, -0.15) is 5.10 Å². The predicted octanol–water partition coefficient (Wildman–Crippen LogP) is 2.48. The molecule has 0 aliphatic heterocycles. The Morgan fingerprint density at radius 2 is 1.81 bits per heavy atom. The van der Waals surface area contributed by atoms with Crippen molar-refractivity contribution in [2.24, 2.45) is 5.41 Å². The van der Waals surface area contributed by atoms with Crippen LogP contribution in [0.2, 0.25) is 0 Å². The molecule has 0 amide bonds. The molecule has 0 atom stereocenters. The highest BCUT2D eigenvalue weighted by Gasteiger charge is 2.28.